The minimum Gasteiger partial charge on any atom is -0.444 e. The Bertz CT molecular complexity index is 901. The number of ether oxygens (including phenoxy) is 1. The number of amides is 2. The average molecular weight is 399 g/mol. The van der Waals surface area contributed by atoms with Gasteiger partial charge in [-0.05, 0) is 51.7 Å². The lowest BCUT2D eigenvalue weighted by atomic mass is 9.92. The molecule has 2 amide bonds. The highest BCUT2D eigenvalue weighted by Gasteiger charge is 2.42. The van der Waals surface area contributed by atoms with Gasteiger partial charge < -0.3 is 19.1 Å². The SMILES string of the molecule is CC(C)(C)OC(=O)N1CC[C@H]2CN(C(=O)CCn3cnc4ccccc43)CC[C@H]21. The van der Waals surface area contributed by atoms with Gasteiger partial charge in [-0.3, -0.25) is 4.79 Å². The number of benzene rings is 1. The predicted molar refractivity (Wildman–Crippen MR) is 110 cm³/mol. The van der Waals surface area contributed by atoms with E-state index in [4.69, 9.17) is 4.74 Å². The number of fused-ring (bicyclic) bond motifs is 2. The van der Waals surface area contributed by atoms with Gasteiger partial charge in [-0.15, -0.1) is 0 Å². The fourth-order valence-electron chi connectivity index (χ4n) is 4.52. The molecule has 29 heavy (non-hydrogen) atoms. The Morgan fingerprint density at radius 2 is 1.97 bits per heavy atom. The summed E-state index contributed by atoms with van der Waals surface area (Å²) in [5, 5.41) is 0. The zero-order chi connectivity index (χ0) is 20.6. The Morgan fingerprint density at radius 1 is 1.17 bits per heavy atom. The number of nitrogens with zero attached hydrogens (tertiary/aromatic N) is 4. The second kappa shape index (κ2) is 7.69. The van der Waals surface area contributed by atoms with Crippen molar-refractivity contribution in [3.8, 4) is 0 Å². The molecule has 0 saturated carbocycles. The van der Waals surface area contributed by atoms with Crippen LogP contribution >= 0.6 is 0 Å². The molecule has 7 heteroatoms. The van der Waals surface area contributed by atoms with Gasteiger partial charge >= 0.3 is 6.09 Å². The Labute approximate surface area is 171 Å². The van der Waals surface area contributed by atoms with Crippen LogP contribution in [0.5, 0.6) is 0 Å². The Hall–Kier alpha value is -2.57. The maximum Gasteiger partial charge on any atom is 0.410 e. The predicted octanol–water partition coefficient (Wildman–Crippen LogP) is 3.28. The van der Waals surface area contributed by atoms with E-state index < -0.39 is 5.60 Å². The maximum atomic E-state index is 12.8. The number of aryl methyl sites for hydroxylation is 1. The van der Waals surface area contributed by atoms with Crippen LogP contribution in [0.15, 0.2) is 30.6 Å². The first-order valence-corrected chi connectivity index (χ1v) is 10.5. The van der Waals surface area contributed by atoms with Crippen LogP contribution in [-0.2, 0) is 16.1 Å². The number of hydrogen-bond acceptors (Lipinski definition) is 4. The van der Waals surface area contributed by atoms with Crippen molar-refractivity contribution < 1.29 is 14.3 Å². The molecule has 2 saturated heterocycles. The minimum absolute atomic E-state index is 0.178. The van der Waals surface area contributed by atoms with E-state index in [0.29, 0.717) is 32.0 Å². The van der Waals surface area contributed by atoms with Crippen molar-refractivity contribution in [2.45, 2.75) is 58.2 Å². The lowest BCUT2D eigenvalue weighted by Crippen LogP contribution is -2.50. The van der Waals surface area contributed by atoms with Crippen LogP contribution in [0.4, 0.5) is 4.79 Å². The second-order valence-corrected chi connectivity index (χ2v) is 9.09. The number of imidazole rings is 1. The summed E-state index contributed by atoms with van der Waals surface area (Å²) in [6, 6.07) is 8.16. The van der Waals surface area contributed by atoms with E-state index in [0.717, 1.165) is 30.4 Å². The molecule has 1 aromatic heterocycles. The van der Waals surface area contributed by atoms with Crippen LogP contribution in [0.2, 0.25) is 0 Å². The molecule has 0 bridgehead atoms. The van der Waals surface area contributed by atoms with Crippen molar-refractivity contribution in [3.05, 3.63) is 30.6 Å². The standard InChI is InChI=1S/C22H30N4O3/c1-22(2,3)29-21(28)26-13-8-16-14-24(11-9-18(16)26)20(27)10-12-25-15-23-17-6-4-5-7-19(17)25/h4-7,15-16,18H,8-14H2,1-3H3/t16-,18+/m0/s1. The largest absolute Gasteiger partial charge is 0.444 e. The number of carbonyl (C=O) groups excluding carboxylic acids is 2. The monoisotopic (exact) mass is 398 g/mol. The molecule has 2 fully saturated rings. The van der Waals surface area contributed by atoms with Gasteiger partial charge in [-0.1, -0.05) is 12.1 Å². The summed E-state index contributed by atoms with van der Waals surface area (Å²) in [7, 11) is 0. The van der Waals surface area contributed by atoms with Gasteiger partial charge in [0.15, 0.2) is 0 Å². The van der Waals surface area contributed by atoms with Gasteiger partial charge in [-0.2, -0.15) is 0 Å². The fourth-order valence-corrected chi connectivity index (χ4v) is 4.52. The van der Waals surface area contributed by atoms with Crippen LogP contribution in [-0.4, -0.2) is 62.6 Å². The minimum atomic E-state index is -0.483. The first-order chi connectivity index (χ1) is 13.8. The quantitative estimate of drug-likeness (QED) is 0.796. The molecule has 4 rings (SSSR count). The molecule has 1 aromatic carbocycles. The van der Waals surface area contributed by atoms with Crippen molar-refractivity contribution in [1.29, 1.82) is 0 Å². The second-order valence-electron chi connectivity index (χ2n) is 9.09. The van der Waals surface area contributed by atoms with Crippen molar-refractivity contribution in [2.24, 2.45) is 5.92 Å². The van der Waals surface area contributed by atoms with Crippen LogP contribution in [0.1, 0.15) is 40.0 Å². The number of piperidine rings is 1. The van der Waals surface area contributed by atoms with E-state index in [1.807, 2.05) is 59.4 Å². The number of aromatic nitrogens is 2. The van der Waals surface area contributed by atoms with E-state index in [1.165, 1.54) is 0 Å². The third-order valence-electron chi connectivity index (χ3n) is 5.91. The van der Waals surface area contributed by atoms with Crippen LogP contribution in [0, 0.1) is 5.92 Å². The summed E-state index contributed by atoms with van der Waals surface area (Å²) in [5.41, 5.74) is 1.53. The topological polar surface area (TPSA) is 67.7 Å². The lowest BCUT2D eigenvalue weighted by molar-refractivity contribution is -0.133. The molecule has 0 radical (unpaired) electrons. The Kier molecular flexibility index (Phi) is 5.23. The molecule has 2 atom stereocenters. The van der Waals surface area contributed by atoms with Gasteiger partial charge in [0.2, 0.25) is 5.91 Å². The molecule has 0 N–H and O–H groups in total. The number of hydrogen-bond donors (Lipinski definition) is 0. The van der Waals surface area contributed by atoms with E-state index in [-0.39, 0.29) is 18.0 Å². The maximum absolute atomic E-state index is 12.8. The summed E-state index contributed by atoms with van der Waals surface area (Å²) in [6.45, 7) is 8.45. The summed E-state index contributed by atoms with van der Waals surface area (Å²) in [4.78, 5) is 33.5. The highest BCUT2D eigenvalue weighted by molar-refractivity contribution is 5.78. The number of para-hydroxylation sites is 2. The van der Waals surface area contributed by atoms with Gasteiger partial charge in [0, 0.05) is 38.6 Å². The summed E-state index contributed by atoms with van der Waals surface area (Å²) in [6.07, 6.45) is 3.80. The van der Waals surface area contributed by atoms with Crippen LogP contribution in [0.25, 0.3) is 11.0 Å². The number of likely N-dealkylation sites (tertiary alicyclic amines) is 2. The van der Waals surface area contributed by atoms with Crippen LogP contribution in [0.3, 0.4) is 0 Å². The van der Waals surface area contributed by atoms with E-state index >= 15 is 0 Å². The van der Waals surface area contributed by atoms with Crippen molar-refractivity contribution in [3.63, 3.8) is 0 Å². The third kappa shape index (κ3) is 4.23. The molecule has 3 heterocycles. The molecule has 0 aliphatic carbocycles. The molecule has 2 aliphatic rings. The van der Waals surface area contributed by atoms with Gasteiger partial charge in [0.25, 0.3) is 0 Å². The van der Waals surface area contributed by atoms with E-state index in [2.05, 4.69) is 4.98 Å². The van der Waals surface area contributed by atoms with E-state index in [9.17, 15) is 9.59 Å². The lowest BCUT2D eigenvalue weighted by Gasteiger charge is -2.38. The van der Waals surface area contributed by atoms with E-state index in [1.54, 1.807) is 6.33 Å². The average Bonchev–Trinajstić information content (AvgIpc) is 3.28. The normalized spacial score (nSPS) is 22.0. The van der Waals surface area contributed by atoms with Crippen LogP contribution < -0.4 is 0 Å². The molecular weight excluding hydrogens is 368 g/mol. The first-order valence-electron chi connectivity index (χ1n) is 10.5. The molecule has 0 unspecified atom stereocenters. The Balaban J connectivity index is 1.32. The number of rotatable bonds is 3. The molecule has 2 aromatic rings. The molecule has 156 valence electrons. The molecule has 0 spiro atoms. The zero-order valence-corrected chi connectivity index (χ0v) is 17.5. The van der Waals surface area contributed by atoms with Gasteiger partial charge in [0.1, 0.15) is 5.60 Å². The molecule has 2 aliphatic heterocycles. The zero-order valence-electron chi connectivity index (χ0n) is 17.5. The van der Waals surface area contributed by atoms with Crippen molar-refractivity contribution >= 4 is 23.0 Å². The van der Waals surface area contributed by atoms with Gasteiger partial charge in [0.05, 0.1) is 17.4 Å². The third-order valence-corrected chi connectivity index (χ3v) is 5.91. The highest BCUT2D eigenvalue weighted by atomic mass is 16.6. The molecular formula is C22H30N4O3. The molecule has 7 nitrogen and oxygen atoms in total. The van der Waals surface area contributed by atoms with Crippen molar-refractivity contribution in [2.75, 3.05) is 19.6 Å². The van der Waals surface area contributed by atoms with Crippen molar-refractivity contribution in [1.82, 2.24) is 19.4 Å². The first kappa shape index (κ1) is 19.7. The smallest absolute Gasteiger partial charge is 0.410 e. The Morgan fingerprint density at radius 3 is 2.76 bits per heavy atom. The number of carbonyl (C=O) groups is 2. The fraction of sp³-hybridized carbons (Fsp3) is 0.591. The summed E-state index contributed by atoms with van der Waals surface area (Å²) in [5.74, 6) is 0.520. The summed E-state index contributed by atoms with van der Waals surface area (Å²) < 4.78 is 7.60. The summed E-state index contributed by atoms with van der Waals surface area (Å²) >= 11 is 0. The van der Waals surface area contributed by atoms with Gasteiger partial charge in [-0.25, -0.2) is 9.78 Å². The highest BCUT2D eigenvalue weighted by Crippen LogP contribution is 2.32.